The van der Waals surface area contributed by atoms with Crippen molar-refractivity contribution >= 4 is 11.8 Å². The SMILES string of the molecule is CCCCN(C)c1cnnc(N2CCCC2)n1. The lowest BCUT2D eigenvalue weighted by Crippen LogP contribution is -2.24. The van der Waals surface area contributed by atoms with Crippen molar-refractivity contribution in [3.8, 4) is 0 Å². The van der Waals surface area contributed by atoms with E-state index in [1.165, 1.54) is 25.7 Å². The van der Waals surface area contributed by atoms with Crippen molar-refractivity contribution < 1.29 is 0 Å². The summed E-state index contributed by atoms with van der Waals surface area (Å²) in [5.41, 5.74) is 0. The molecule has 94 valence electrons. The first-order valence-corrected chi connectivity index (χ1v) is 6.47. The zero-order valence-electron chi connectivity index (χ0n) is 10.8. The summed E-state index contributed by atoms with van der Waals surface area (Å²) in [6, 6.07) is 0. The molecular weight excluding hydrogens is 214 g/mol. The number of rotatable bonds is 5. The quantitative estimate of drug-likeness (QED) is 0.777. The maximum absolute atomic E-state index is 4.59. The molecule has 0 aliphatic carbocycles. The molecule has 1 aliphatic heterocycles. The van der Waals surface area contributed by atoms with Crippen LogP contribution in [0.2, 0.25) is 0 Å². The molecule has 0 bridgehead atoms. The highest BCUT2D eigenvalue weighted by atomic mass is 15.3. The highest BCUT2D eigenvalue weighted by Gasteiger charge is 2.16. The Morgan fingerprint density at radius 2 is 2.12 bits per heavy atom. The largest absolute Gasteiger partial charge is 0.358 e. The summed E-state index contributed by atoms with van der Waals surface area (Å²) < 4.78 is 0. The molecule has 0 atom stereocenters. The molecule has 1 aliphatic rings. The van der Waals surface area contributed by atoms with Gasteiger partial charge in [-0.05, 0) is 19.3 Å². The van der Waals surface area contributed by atoms with Crippen molar-refractivity contribution in [3.05, 3.63) is 6.20 Å². The van der Waals surface area contributed by atoms with E-state index in [0.29, 0.717) is 0 Å². The van der Waals surface area contributed by atoms with Crippen LogP contribution in [-0.4, -0.2) is 41.9 Å². The molecule has 1 aromatic heterocycles. The summed E-state index contributed by atoms with van der Waals surface area (Å²) in [5, 5.41) is 8.18. The molecule has 0 amide bonds. The molecule has 1 aromatic rings. The van der Waals surface area contributed by atoms with Gasteiger partial charge in [-0.1, -0.05) is 13.3 Å². The van der Waals surface area contributed by atoms with Gasteiger partial charge < -0.3 is 9.80 Å². The van der Waals surface area contributed by atoms with Crippen LogP contribution in [0.5, 0.6) is 0 Å². The topological polar surface area (TPSA) is 45.2 Å². The third kappa shape index (κ3) is 3.05. The number of unbranched alkanes of at least 4 members (excludes halogenated alkanes) is 1. The summed E-state index contributed by atoms with van der Waals surface area (Å²) in [4.78, 5) is 8.95. The van der Waals surface area contributed by atoms with Gasteiger partial charge in [-0.15, -0.1) is 5.10 Å². The van der Waals surface area contributed by atoms with E-state index in [2.05, 4.69) is 39.0 Å². The molecular formula is C12H21N5. The Morgan fingerprint density at radius 1 is 1.35 bits per heavy atom. The zero-order valence-corrected chi connectivity index (χ0v) is 10.8. The summed E-state index contributed by atoms with van der Waals surface area (Å²) in [6.07, 6.45) is 6.59. The van der Waals surface area contributed by atoms with Gasteiger partial charge in [0, 0.05) is 26.7 Å². The van der Waals surface area contributed by atoms with Crippen LogP contribution in [-0.2, 0) is 0 Å². The average molecular weight is 235 g/mol. The molecule has 1 fully saturated rings. The minimum Gasteiger partial charge on any atom is -0.358 e. The molecule has 0 aromatic carbocycles. The second-order valence-corrected chi connectivity index (χ2v) is 4.58. The van der Waals surface area contributed by atoms with Gasteiger partial charge in [-0.25, -0.2) is 0 Å². The molecule has 0 N–H and O–H groups in total. The normalized spacial score (nSPS) is 15.3. The van der Waals surface area contributed by atoms with Crippen molar-refractivity contribution in [1.29, 1.82) is 0 Å². The van der Waals surface area contributed by atoms with Gasteiger partial charge in [0.1, 0.15) is 0 Å². The number of nitrogens with zero attached hydrogens (tertiary/aromatic N) is 5. The third-order valence-electron chi connectivity index (χ3n) is 3.16. The maximum atomic E-state index is 4.59. The van der Waals surface area contributed by atoms with E-state index in [9.17, 15) is 0 Å². The van der Waals surface area contributed by atoms with Gasteiger partial charge in [0.25, 0.3) is 0 Å². The molecule has 2 heterocycles. The van der Waals surface area contributed by atoms with Crippen LogP contribution in [0.25, 0.3) is 0 Å². The van der Waals surface area contributed by atoms with Crippen molar-refractivity contribution in [1.82, 2.24) is 15.2 Å². The first kappa shape index (κ1) is 12.1. The minimum atomic E-state index is 0.781. The van der Waals surface area contributed by atoms with Gasteiger partial charge in [0.05, 0.1) is 6.20 Å². The monoisotopic (exact) mass is 235 g/mol. The molecule has 0 spiro atoms. The Kier molecular flexibility index (Phi) is 4.12. The first-order chi connectivity index (χ1) is 8.31. The third-order valence-corrected chi connectivity index (χ3v) is 3.16. The van der Waals surface area contributed by atoms with E-state index in [1.54, 1.807) is 6.20 Å². The van der Waals surface area contributed by atoms with Gasteiger partial charge in [-0.2, -0.15) is 10.1 Å². The van der Waals surface area contributed by atoms with Gasteiger partial charge >= 0.3 is 0 Å². The fourth-order valence-electron chi connectivity index (χ4n) is 2.03. The Morgan fingerprint density at radius 3 is 2.82 bits per heavy atom. The van der Waals surface area contributed by atoms with E-state index >= 15 is 0 Å². The van der Waals surface area contributed by atoms with Crippen molar-refractivity contribution in [3.63, 3.8) is 0 Å². The number of hydrogen-bond donors (Lipinski definition) is 0. The maximum Gasteiger partial charge on any atom is 0.247 e. The number of anilines is 2. The van der Waals surface area contributed by atoms with Crippen LogP contribution in [0.1, 0.15) is 32.6 Å². The molecule has 0 saturated carbocycles. The fraction of sp³-hybridized carbons (Fsp3) is 0.750. The zero-order chi connectivity index (χ0) is 12.1. The molecule has 1 saturated heterocycles. The van der Waals surface area contributed by atoms with Crippen LogP contribution in [0.3, 0.4) is 0 Å². The average Bonchev–Trinajstić information content (AvgIpc) is 2.90. The summed E-state index contributed by atoms with van der Waals surface area (Å²) in [6.45, 7) is 5.34. The van der Waals surface area contributed by atoms with Crippen molar-refractivity contribution in [2.75, 3.05) is 36.5 Å². The number of hydrogen-bond acceptors (Lipinski definition) is 5. The van der Waals surface area contributed by atoms with Crippen molar-refractivity contribution in [2.24, 2.45) is 0 Å². The summed E-state index contributed by atoms with van der Waals surface area (Å²) in [7, 11) is 2.06. The van der Waals surface area contributed by atoms with Gasteiger partial charge in [-0.3, -0.25) is 0 Å². The molecule has 5 heteroatoms. The van der Waals surface area contributed by atoms with Gasteiger partial charge in [0.15, 0.2) is 5.82 Å². The van der Waals surface area contributed by atoms with Crippen LogP contribution in [0, 0.1) is 0 Å². The Labute approximate surface area is 103 Å². The number of aromatic nitrogens is 3. The molecule has 5 nitrogen and oxygen atoms in total. The Bertz CT molecular complexity index is 349. The highest BCUT2D eigenvalue weighted by Crippen LogP contribution is 2.17. The molecule has 0 radical (unpaired) electrons. The molecule has 17 heavy (non-hydrogen) atoms. The molecule has 0 unspecified atom stereocenters. The van der Waals surface area contributed by atoms with Gasteiger partial charge in [0.2, 0.25) is 5.95 Å². The predicted molar refractivity (Wildman–Crippen MR) is 69.5 cm³/mol. The lowest BCUT2D eigenvalue weighted by Gasteiger charge is -2.20. The highest BCUT2D eigenvalue weighted by molar-refractivity contribution is 5.41. The molecule has 2 rings (SSSR count). The predicted octanol–water partition coefficient (Wildman–Crippen LogP) is 1.71. The Hall–Kier alpha value is -1.39. The summed E-state index contributed by atoms with van der Waals surface area (Å²) in [5.74, 6) is 1.71. The van der Waals surface area contributed by atoms with Crippen LogP contribution in [0.15, 0.2) is 6.20 Å². The Balaban J connectivity index is 2.05. The van der Waals surface area contributed by atoms with Crippen molar-refractivity contribution in [2.45, 2.75) is 32.6 Å². The lowest BCUT2D eigenvalue weighted by atomic mass is 10.3. The smallest absolute Gasteiger partial charge is 0.247 e. The van der Waals surface area contributed by atoms with Crippen LogP contribution < -0.4 is 9.80 Å². The van der Waals surface area contributed by atoms with Crippen LogP contribution in [0.4, 0.5) is 11.8 Å². The minimum absolute atomic E-state index is 0.781. The van der Waals surface area contributed by atoms with E-state index in [1.807, 2.05) is 0 Å². The van der Waals surface area contributed by atoms with E-state index < -0.39 is 0 Å². The fourth-order valence-corrected chi connectivity index (χ4v) is 2.03. The van der Waals surface area contributed by atoms with E-state index in [4.69, 9.17) is 0 Å². The first-order valence-electron chi connectivity index (χ1n) is 6.47. The standard InChI is InChI=1S/C12H21N5/c1-3-4-7-16(2)11-10-13-15-12(14-11)17-8-5-6-9-17/h10H,3-9H2,1-2H3. The second-order valence-electron chi connectivity index (χ2n) is 4.58. The van der Waals surface area contributed by atoms with Crippen LogP contribution >= 0.6 is 0 Å². The lowest BCUT2D eigenvalue weighted by molar-refractivity contribution is 0.749. The van der Waals surface area contributed by atoms with E-state index in [-0.39, 0.29) is 0 Å². The summed E-state index contributed by atoms with van der Waals surface area (Å²) >= 11 is 0. The second kappa shape index (κ2) is 5.80. The van der Waals surface area contributed by atoms with E-state index in [0.717, 1.165) is 31.4 Å².